The lowest BCUT2D eigenvalue weighted by atomic mass is 10.1. The number of nitrogens with zero attached hydrogens (tertiary/aromatic N) is 5. The summed E-state index contributed by atoms with van der Waals surface area (Å²) >= 11 is 3.02. The second kappa shape index (κ2) is 12.2. The van der Waals surface area contributed by atoms with Gasteiger partial charge in [0.25, 0.3) is 0 Å². The normalized spacial score (nSPS) is 12.2. The predicted octanol–water partition coefficient (Wildman–Crippen LogP) is 8.32. The number of thioether (sulfide) groups is 1. The molecule has 7 nitrogen and oxygen atoms in total. The molecule has 0 bridgehead atoms. The Kier molecular flexibility index (Phi) is 7.80. The Morgan fingerprint density at radius 1 is 0.932 bits per heavy atom. The predicted molar refractivity (Wildman–Crippen MR) is 181 cm³/mol. The fraction of sp³-hybridized carbons (Fsp3) is 0.171. The molecule has 0 saturated carbocycles. The van der Waals surface area contributed by atoms with Gasteiger partial charge in [0.1, 0.15) is 10.5 Å². The summed E-state index contributed by atoms with van der Waals surface area (Å²) in [6, 6.07) is 32.8. The number of thiazole rings is 1. The lowest BCUT2D eigenvalue weighted by molar-refractivity contribution is -0.115. The Hall–Kier alpha value is -4.60. The molecule has 0 aliphatic heterocycles. The molecule has 0 aliphatic carbocycles. The van der Waals surface area contributed by atoms with Crippen molar-refractivity contribution in [2.75, 3.05) is 5.32 Å². The van der Waals surface area contributed by atoms with E-state index in [1.165, 1.54) is 27.6 Å². The summed E-state index contributed by atoms with van der Waals surface area (Å²) < 4.78 is 3.39. The van der Waals surface area contributed by atoms with Crippen molar-refractivity contribution in [3.63, 3.8) is 0 Å². The first-order valence-corrected chi connectivity index (χ1v) is 16.4. The number of fused-ring (bicyclic) bond motifs is 4. The zero-order valence-electron chi connectivity index (χ0n) is 24.4. The van der Waals surface area contributed by atoms with Crippen LogP contribution in [0.3, 0.4) is 0 Å². The number of carbonyl (C=O) groups is 1. The van der Waals surface area contributed by atoms with Crippen molar-refractivity contribution in [1.82, 2.24) is 24.7 Å². The zero-order valence-corrected chi connectivity index (χ0v) is 26.0. The zero-order chi connectivity index (χ0) is 30.0. The van der Waals surface area contributed by atoms with Crippen LogP contribution in [0.2, 0.25) is 0 Å². The van der Waals surface area contributed by atoms with E-state index >= 15 is 0 Å². The van der Waals surface area contributed by atoms with Crippen LogP contribution in [0.1, 0.15) is 24.5 Å². The van der Waals surface area contributed by atoms with Crippen LogP contribution in [-0.2, 0) is 17.8 Å². The highest BCUT2D eigenvalue weighted by Crippen LogP contribution is 2.32. The van der Waals surface area contributed by atoms with Gasteiger partial charge < -0.3 is 9.88 Å². The number of nitrogens with one attached hydrogen (secondary N) is 1. The van der Waals surface area contributed by atoms with Crippen LogP contribution >= 0.6 is 23.1 Å². The molecule has 0 spiro atoms. The Morgan fingerprint density at radius 3 is 2.55 bits per heavy atom. The van der Waals surface area contributed by atoms with Crippen molar-refractivity contribution in [2.24, 2.45) is 0 Å². The number of anilines is 1. The Morgan fingerprint density at radius 2 is 1.73 bits per heavy atom. The number of carbonyl (C=O) groups excluding carboxylic acids is 1. The van der Waals surface area contributed by atoms with Gasteiger partial charge in [0.15, 0.2) is 5.65 Å². The largest absolute Gasteiger partial charge is 0.325 e. The maximum atomic E-state index is 13.4. The smallest absolute Gasteiger partial charge is 0.237 e. The second-order valence-corrected chi connectivity index (χ2v) is 12.9. The number of para-hydroxylation sites is 1. The fourth-order valence-electron chi connectivity index (χ4n) is 5.37. The molecule has 0 radical (unpaired) electrons. The average molecular weight is 615 g/mol. The van der Waals surface area contributed by atoms with Crippen molar-refractivity contribution in [2.45, 2.75) is 43.6 Å². The minimum Gasteiger partial charge on any atom is -0.325 e. The minimum absolute atomic E-state index is 0.0889. The monoisotopic (exact) mass is 614 g/mol. The van der Waals surface area contributed by atoms with E-state index in [2.05, 4.69) is 81.6 Å². The van der Waals surface area contributed by atoms with Crippen LogP contribution in [0.5, 0.6) is 0 Å². The Bertz CT molecular complexity index is 2100. The van der Waals surface area contributed by atoms with E-state index in [4.69, 9.17) is 9.97 Å². The number of rotatable bonds is 9. The number of aromatic nitrogens is 5. The van der Waals surface area contributed by atoms with Gasteiger partial charge in [-0.3, -0.25) is 4.79 Å². The molecule has 1 atom stereocenters. The van der Waals surface area contributed by atoms with Crippen molar-refractivity contribution >= 4 is 67.0 Å². The molecule has 0 aliphatic rings. The number of aryl methyl sites for hydroxylation is 3. The topological polar surface area (TPSA) is 85.6 Å². The molecular formula is C35H30N6OS2. The van der Waals surface area contributed by atoms with Crippen molar-refractivity contribution in [3.05, 3.63) is 108 Å². The van der Waals surface area contributed by atoms with Gasteiger partial charge in [0, 0.05) is 23.2 Å². The first kappa shape index (κ1) is 28.2. The maximum absolute atomic E-state index is 13.4. The van der Waals surface area contributed by atoms with Crippen LogP contribution in [0.25, 0.3) is 42.9 Å². The van der Waals surface area contributed by atoms with Gasteiger partial charge in [0.2, 0.25) is 11.1 Å². The second-order valence-electron chi connectivity index (χ2n) is 10.7. The van der Waals surface area contributed by atoms with Gasteiger partial charge in [-0.1, -0.05) is 73.3 Å². The van der Waals surface area contributed by atoms with Crippen LogP contribution in [0.15, 0.2) is 102 Å². The molecule has 9 heteroatoms. The third-order valence-electron chi connectivity index (χ3n) is 7.68. The molecule has 1 unspecified atom stereocenters. The van der Waals surface area contributed by atoms with E-state index in [-0.39, 0.29) is 11.2 Å². The van der Waals surface area contributed by atoms with Gasteiger partial charge in [-0.05, 0) is 73.4 Å². The van der Waals surface area contributed by atoms with Gasteiger partial charge in [-0.25, -0.2) is 9.97 Å². The highest BCUT2D eigenvalue weighted by atomic mass is 32.2. The summed E-state index contributed by atoms with van der Waals surface area (Å²) in [5.41, 5.74) is 7.90. The third kappa shape index (κ3) is 5.68. The van der Waals surface area contributed by atoms with Crippen molar-refractivity contribution in [1.29, 1.82) is 0 Å². The van der Waals surface area contributed by atoms with Crippen LogP contribution in [-0.4, -0.2) is 35.9 Å². The van der Waals surface area contributed by atoms with Crippen molar-refractivity contribution < 1.29 is 4.79 Å². The summed E-state index contributed by atoms with van der Waals surface area (Å²) in [4.78, 5) is 23.1. The summed E-state index contributed by atoms with van der Waals surface area (Å²) in [5.74, 6) is -0.0889. The molecule has 7 rings (SSSR count). The lowest BCUT2D eigenvalue weighted by Gasteiger charge is -2.14. The highest BCUT2D eigenvalue weighted by molar-refractivity contribution is 8.00. The van der Waals surface area contributed by atoms with Gasteiger partial charge in [-0.2, -0.15) is 0 Å². The molecule has 3 heterocycles. The van der Waals surface area contributed by atoms with Crippen LogP contribution < -0.4 is 5.32 Å². The molecule has 1 N–H and O–H groups in total. The molecule has 0 saturated heterocycles. The highest BCUT2D eigenvalue weighted by Gasteiger charge is 2.22. The number of amides is 1. The van der Waals surface area contributed by atoms with Crippen LogP contribution in [0.4, 0.5) is 5.69 Å². The quantitative estimate of drug-likeness (QED) is 0.165. The molecular weight excluding hydrogens is 585 g/mol. The number of hydrogen-bond acceptors (Lipinski definition) is 7. The fourth-order valence-corrected chi connectivity index (χ4v) is 7.26. The molecule has 3 aromatic heterocycles. The summed E-state index contributed by atoms with van der Waals surface area (Å²) in [6.45, 7) is 4.85. The van der Waals surface area contributed by atoms with E-state index in [1.807, 2.05) is 49.4 Å². The van der Waals surface area contributed by atoms with Crippen molar-refractivity contribution in [3.8, 4) is 10.6 Å². The van der Waals surface area contributed by atoms with Gasteiger partial charge in [0.05, 0.1) is 21.0 Å². The third-order valence-corrected chi connectivity index (χ3v) is 9.96. The number of benzene rings is 4. The van der Waals surface area contributed by atoms with Gasteiger partial charge in [-0.15, -0.1) is 21.5 Å². The minimum atomic E-state index is -0.372. The molecule has 0 fully saturated rings. The van der Waals surface area contributed by atoms with Crippen LogP contribution in [0, 0.1) is 6.92 Å². The first-order valence-electron chi connectivity index (χ1n) is 14.7. The Balaban J connectivity index is 1.09. The maximum Gasteiger partial charge on any atom is 0.237 e. The molecule has 7 aromatic rings. The summed E-state index contributed by atoms with van der Waals surface area (Å²) in [6.07, 6.45) is 1.50. The van der Waals surface area contributed by atoms with E-state index in [9.17, 15) is 4.79 Å². The van der Waals surface area contributed by atoms with E-state index < -0.39 is 0 Å². The molecule has 4 aromatic carbocycles. The SMILES string of the molecule is CCC(Sc1nnc2c3ccccc3n(CCc3ccccc3)c2n1)C(=O)Nc1ccc(-c2nc3ccc(C)cc3s2)cc1. The van der Waals surface area contributed by atoms with Gasteiger partial charge >= 0.3 is 0 Å². The summed E-state index contributed by atoms with van der Waals surface area (Å²) in [5, 5.41) is 14.2. The Labute approximate surface area is 263 Å². The number of hydrogen-bond donors (Lipinski definition) is 1. The first-order chi connectivity index (χ1) is 21.6. The molecule has 218 valence electrons. The van der Waals surface area contributed by atoms with E-state index in [1.54, 1.807) is 11.3 Å². The molecule has 44 heavy (non-hydrogen) atoms. The van der Waals surface area contributed by atoms with E-state index in [0.717, 1.165) is 56.8 Å². The summed E-state index contributed by atoms with van der Waals surface area (Å²) in [7, 11) is 0. The lowest BCUT2D eigenvalue weighted by Crippen LogP contribution is -2.24. The average Bonchev–Trinajstić information content (AvgIpc) is 3.61. The standard InChI is InChI=1S/C35H30N6OS2/c1-3-29(33(42)36-25-16-14-24(15-17-25)34-37-27-18-13-22(2)21-30(27)43-34)44-35-38-32-31(39-40-35)26-11-7-8-12-28(26)41(32)20-19-23-9-5-4-6-10-23/h4-18,21,29H,3,19-20H2,1-2H3,(H,36,42). The van der Waals surface area contributed by atoms with E-state index in [0.29, 0.717) is 11.6 Å². The molecule has 1 amide bonds.